The lowest BCUT2D eigenvalue weighted by molar-refractivity contribution is 0.544. The van der Waals surface area contributed by atoms with Crippen LogP contribution in [0.3, 0.4) is 0 Å². The highest BCUT2D eigenvalue weighted by atomic mass is 32.2. The highest BCUT2D eigenvalue weighted by Crippen LogP contribution is 2.12. The number of nitrogens with zero attached hydrogens (tertiary/aromatic N) is 2. The summed E-state index contributed by atoms with van der Waals surface area (Å²) in [6.07, 6.45) is 5.84. The van der Waals surface area contributed by atoms with Crippen LogP contribution >= 0.6 is 0 Å². The molecule has 4 nitrogen and oxygen atoms in total. The van der Waals surface area contributed by atoms with Gasteiger partial charge in [-0.15, -0.1) is 4.72 Å². The van der Waals surface area contributed by atoms with E-state index in [-0.39, 0.29) is 4.75 Å². The first-order chi connectivity index (χ1) is 7.00. The summed E-state index contributed by atoms with van der Waals surface area (Å²) >= 11 is -1.00. The molecule has 0 radical (unpaired) electrons. The van der Waals surface area contributed by atoms with Crippen LogP contribution in [0, 0.1) is 0 Å². The van der Waals surface area contributed by atoms with Gasteiger partial charge in [-0.25, -0.2) is 9.97 Å². The van der Waals surface area contributed by atoms with Crippen LogP contribution < -0.4 is 4.72 Å². The van der Waals surface area contributed by atoms with Crippen LogP contribution in [0.5, 0.6) is 0 Å². The van der Waals surface area contributed by atoms with Gasteiger partial charge in [0.2, 0.25) is 0 Å². The van der Waals surface area contributed by atoms with E-state index in [1.54, 1.807) is 12.4 Å². The standard InChI is InChI=1S/C10H17N3OS/c1-10(2,3)15(14)13-5-4-9-6-11-8-12-7-9/h6-8,13H,4-5H2,1-3H3. The summed E-state index contributed by atoms with van der Waals surface area (Å²) < 4.78 is 14.4. The fourth-order valence-corrected chi connectivity index (χ4v) is 1.68. The topological polar surface area (TPSA) is 60.9 Å². The van der Waals surface area contributed by atoms with Crippen molar-refractivity contribution in [2.75, 3.05) is 6.54 Å². The quantitative estimate of drug-likeness (QED) is 0.782. The van der Waals surface area contributed by atoms with Gasteiger partial charge in [-0.1, -0.05) is 0 Å². The zero-order chi connectivity index (χ0) is 11.3. The molecule has 1 aromatic rings. The van der Waals surface area contributed by atoms with Crippen LogP contribution in [0.15, 0.2) is 18.7 Å². The molecule has 84 valence electrons. The van der Waals surface area contributed by atoms with E-state index in [0.717, 1.165) is 12.0 Å². The number of nitrogens with one attached hydrogen (secondary N) is 1. The van der Waals surface area contributed by atoms with Crippen molar-refractivity contribution in [3.05, 3.63) is 24.3 Å². The molecule has 1 aromatic heterocycles. The van der Waals surface area contributed by atoms with E-state index in [9.17, 15) is 4.55 Å². The van der Waals surface area contributed by atoms with Crippen molar-refractivity contribution >= 4 is 11.4 Å². The van der Waals surface area contributed by atoms with E-state index in [1.165, 1.54) is 6.33 Å². The lowest BCUT2D eigenvalue weighted by Crippen LogP contribution is -2.40. The number of hydrogen-bond acceptors (Lipinski definition) is 4. The van der Waals surface area contributed by atoms with Gasteiger partial charge >= 0.3 is 0 Å². The molecule has 1 heterocycles. The van der Waals surface area contributed by atoms with Gasteiger partial charge in [0.05, 0.1) is 0 Å². The average Bonchev–Trinajstić information content (AvgIpc) is 2.18. The molecule has 15 heavy (non-hydrogen) atoms. The third kappa shape index (κ3) is 4.59. The van der Waals surface area contributed by atoms with Crippen LogP contribution in [0.2, 0.25) is 0 Å². The zero-order valence-corrected chi connectivity index (χ0v) is 10.2. The minimum absolute atomic E-state index is 0.215. The van der Waals surface area contributed by atoms with Gasteiger partial charge in [0.15, 0.2) is 0 Å². The van der Waals surface area contributed by atoms with E-state index >= 15 is 0 Å². The zero-order valence-electron chi connectivity index (χ0n) is 9.36. The lowest BCUT2D eigenvalue weighted by atomic mass is 10.2. The predicted octanol–water partition coefficient (Wildman–Crippen LogP) is 1.07. The van der Waals surface area contributed by atoms with Crippen molar-refractivity contribution in [2.45, 2.75) is 31.9 Å². The summed E-state index contributed by atoms with van der Waals surface area (Å²) in [4.78, 5) is 7.83. The van der Waals surface area contributed by atoms with E-state index in [0.29, 0.717) is 6.54 Å². The summed E-state index contributed by atoms with van der Waals surface area (Å²) in [6, 6.07) is 0. The Bertz CT molecular complexity index is 286. The smallest absolute Gasteiger partial charge is 0.136 e. The molecule has 0 bridgehead atoms. The van der Waals surface area contributed by atoms with Gasteiger partial charge in [-0.05, 0) is 32.8 Å². The van der Waals surface area contributed by atoms with Gasteiger partial charge in [-0.3, -0.25) is 0 Å². The summed E-state index contributed by atoms with van der Waals surface area (Å²) in [6.45, 7) is 6.52. The second kappa shape index (κ2) is 5.44. The molecule has 0 aliphatic rings. The Labute approximate surface area is 93.8 Å². The fourth-order valence-electron chi connectivity index (χ4n) is 0.964. The van der Waals surface area contributed by atoms with E-state index in [2.05, 4.69) is 14.7 Å². The molecular weight excluding hydrogens is 210 g/mol. The first kappa shape index (κ1) is 12.4. The average molecular weight is 227 g/mol. The molecule has 0 aliphatic heterocycles. The second-order valence-corrected chi connectivity index (χ2v) is 6.32. The highest BCUT2D eigenvalue weighted by Gasteiger charge is 2.25. The van der Waals surface area contributed by atoms with Crippen molar-refractivity contribution in [3.8, 4) is 0 Å². The third-order valence-electron chi connectivity index (χ3n) is 1.82. The normalized spacial score (nSPS) is 13.9. The molecule has 0 spiro atoms. The van der Waals surface area contributed by atoms with Crippen LogP contribution in [-0.4, -0.2) is 25.8 Å². The van der Waals surface area contributed by atoms with Crippen LogP contribution in [-0.2, 0) is 17.8 Å². The van der Waals surface area contributed by atoms with Gasteiger partial charge in [0, 0.05) is 30.3 Å². The second-order valence-electron chi connectivity index (χ2n) is 4.27. The molecule has 1 N–H and O–H groups in total. The molecule has 0 aliphatic carbocycles. The Morgan fingerprint density at radius 2 is 1.93 bits per heavy atom. The summed E-state index contributed by atoms with van der Waals surface area (Å²) in [5.41, 5.74) is 1.05. The molecule has 1 rings (SSSR count). The summed E-state index contributed by atoms with van der Waals surface area (Å²) in [5.74, 6) is 0. The maximum Gasteiger partial charge on any atom is 0.136 e. The summed E-state index contributed by atoms with van der Waals surface area (Å²) in [5, 5.41) is 0. The Morgan fingerprint density at radius 1 is 1.33 bits per heavy atom. The lowest BCUT2D eigenvalue weighted by Gasteiger charge is -2.23. The minimum Gasteiger partial charge on any atom is -0.598 e. The first-order valence-electron chi connectivity index (χ1n) is 4.89. The molecule has 1 atom stereocenters. The monoisotopic (exact) mass is 227 g/mol. The molecule has 0 fully saturated rings. The molecule has 5 heteroatoms. The number of rotatable bonds is 4. The van der Waals surface area contributed by atoms with Crippen molar-refractivity contribution in [1.29, 1.82) is 0 Å². The molecule has 0 saturated heterocycles. The number of aromatic nitrogens is 2. The largest absolute Gasteiger partial charge is 0.598 e. The molecule has 0 amide bonds. The highest BCUT2D eigenvalue weighted by molar-refractivity contribution is 7.90. The Balaban J connectivity index is 2.28. The van der Waals surface area contributed by atoms with Gasteiger partial charge in [0.25, 0.3) is 0 Å². The van der Waals surface area contributed by atoms with Crippen LogP contribution in [0.4, 0.5) is 0 Å². The van der Waals surface area contributed by atoms with Crippen molar-refractivity contribution in [1.82, 2.24) is 14.7 Å². The van der Waals surface area contributed by atoms with E-state index in [1.807, 2.05) is 20.8 Å². The fraction of sp³-hybridized carbons (Fsp3) is 0.600. The maximum absolute atomic E-state index is 11.6. The first-order valence-corrected chi connectivity index (χ1v) is 6.04. The van der Waals surface area contributed by atoms with E-state index < -0.39 is 11.4 Å². The maximum atomic E-state index is 11.6. The molecule has 1 unspecified atom stereocenters. The Kier molecular flexibility index (Phi) is 4.50. The van der Waals surface area contributed by atoms with Crippen molar-refractivity contribution in [2.24, 2.45) is 0 Å². The minimum atomic E-state index is -1.00. The predicted molar refractivity (Wildman–Crippen MR) is 61.6 cm³/mol. The molecule has 0 saturated carbocycles. The van der Waals surface area contributed by atoms with Gasteiger partial charge in [0.1, 0.15) is 11.1 Å². The number of hydrogen-bond donors (Lipinski definition) is 1. The van der Waals surface area contributed by atoms with Gasteiger partial charge in [-0.2, -0.15) is 0 Å². The Morgan fingerprint density at radius 3 is 2.47 bits per heavy atom. The SMILES string of the molecule is CC(C)(C)[S+]([O-])NCCc1cncnc1. The van der Waals surface area contributed by atoms with E-state index in [4.69, 9.17) is 0 Å². The van der Waals surface area contributed by atoms with Gasteiger partial charge < -0.3 is 4.55 Å². The van der Waals surface area contributed by atoms with Crippen molar-refractivity contribution in [3.63, 3.8) is 0 Å². The van der Waals surface area contributed by atoms with Crippen LogP contribution in [0.1, 0.15) is 26.3 Å². The third-order valence-corrected chi connectivity index (χ3v) is 3.40. The van der Waals surface area contributed by atoms with Crippen LogP contribution in [0.25, 0.3) is 0 Å². The van der Waals surface area contributed by atoms with Crippen molar-refractivity contribution < 1.29 is 4.55 Å². The molecular formula is C10H17N3OS. The Hall–Kier alpha value is -0.650. The molecule has 0 aromatic carbocycles. The summed E-state index contributed by atoms with van der Waals surface area (Å²) in [7, 11) is 0.